The fourth-order valence-electron chi connectivity index (χ4n) is 1.98. The molecule has 0 fully saturated rings. The molecule has 0 aliphatic heterocycles. The zero-order chi connectivity index (χ0) is 10.7. The van der Waals surface area contributed by atoms with E-state index in [1.165, 1.54) is 24.0 Å². The topological polar surface area (TPSA) is 17.8 Å². The van der Waals surface area contributed by atoms with Crippen LogP contribution >= 0.6 is 11.6 Å². The van der Waals surface area contributed by atoms with Gasteiger partial charge >= 0.3 is 0 Å². The number of aromatic nitrogens is 2. The molecule has 1 aliphatic carbocycles. The van der Waals surface area contributed by atoms with Crippen LogP contribution in [-0.2, 0) is 6.54 Å². The summed E-state index contributed by atoms with van der Waals surface area (Å²) in [6.45, 7) is 3.03. The highest BCUT2D eigenvalue weighted by molar-refractivity contribution is 6.22. The Balaban J connectivity index is 2.20. The normalized spacial score (nSPS) is 22.3. The van der Waals surface area contributed by atoms with E-state index in [2.05, 4.69) is 24.3 Å². The number of aryl methyl sites for hydroxylation is 1. The van der Waals surface area contributed by atoms with Crippen molar-refractivity contribution in [2.75, 3.05) is 0 Å². The Bertz CT molecular complexity index is 354. The molecule has 1 aromatic heterocycles. The number of rotatable bonds is 2. The molecular weight excluding hydrogens is 208 g/mol. The van der Waals surface area contributed by atoms with Crippen molar-refractivity contribution >= 4 is 17.2 Å². The van der Waals surface area contributed by atoms with Gasteiger partial charge in [-0.3, -0.25) is 4.68 Å². The number of nitrogens with zero attached hydrogens (tertiary/aromatic N) is 2. The molecule has 0 bridgehead atoms. The van der Waals surface area contributed by atoms with Gasteiger partial charge in [0.1, 0.15) is 0 Å². The van der Waals surface area contributed by atoms with Crippen LogP contribution < -0.4 is 0 Å². The number of alkyl halides is 1. The van der Waals surface area contributed by atoms with Crippen molar-refractivity contribution in [1.29, 1.82) is 0 Å². The van der Waals surface area contributed by atoms with Crippen LogP contribution in [0.25, 0.3) is 5.57 Å². The summed E-state index contributed by atoms with van der Waals surface area (Å²) in [6, 6.07) is 0. The summed E-state index contributed by atoms with van der Waals surface area (Å²) in [5.41, 5.74) is 2.61. The summed E-state index contributed by atoms with van der Waals surface area (Å²) in [5.74, 6) is 0. The fraction of sp³-hybridized carbons (Fsp3) is 0.583. The Morgan fingerprint density at radius 1 is 1.53 bits per heavy atom. The number of allylic oxidation sites excluding steroid dienone is 2. The average Bonchev–Trinajstić information content (AvgIpc) is 2.61. The van der Waals surface area contributed by atoms with Gasteiger partial charge in [0, 0.05) is 18.3 Å². The summed E-state index contributed by atoms with van der Waals surface area (Å²) >= 11 is 6.20. The van der Waals surface area contributed by atoms with Gasteiger partial charge in [-0.05, 0) is 31.8 Å². The lowest BCUT2D eigenvalue weighted by molar-refractivity contribution is 0.659. The van der Waals surface area contributed by atoms with Crippen LogP contribution in [0.4, 0.5) is 0 Å². The van der Waals surface area contributed by atoms with Crippen molar-refractivity contribution in [1.82, 2.24) is 9.78 Å². The number of hydrogen-bond acceptors (Lipinski definition) is 1. The van der Waals surface area contributed by atoms with E-state index in [0.717, 1.165) is 19.4 Å². The highest BCUT2D eigenvalue weighted by Gasteiger charge is 2.12. The van der Waals surface area contributed by atoms with Gasteiger partial charge in [0.05, 0.1) is 11.6 Å². The van der Waals surface area contributed by atoms with Crippen LogP contribution in [-0.4, -0.2) is 15.2 Å². The highest BCUT2D eigenvalue weighted by Crippen LogP contribution is 2.27. The SMILES string of the molecule is CCn1cc(C2=CC(Cl)CCCC2)cn1. The van der Waals surface area contributed by atoms with E-state index in [9.17, 15) is 0 Å². The number of halogens is 1. The van der Waals surface area contributed by atoms with Crippen molar-refractivity contribution in [2.45, 2.75) is 44.5 Å². The molecular formula is C12H17ClN2. The predicted octanol–water partition coefficient (Wildman–Crippen LogP) is 3.47. The molecule has 0 aromatic carbocycles. The molecule has 1 aliphatic rings. The Morgan fingerprint density at radius 2 is 2.40 bits per heavy atom. The Hall–Kier alpha value is -0.760. The first-order chi connectivity index (χ1) is 7.29. The molecule has 1 heterocycles. The van der Waals surface area contributed by atoms with E-state index >= 15 is 0 Å². The molecule has 1 atom stereocenters. The predicted molar refractivity (Wildman–Crippen MR) is 64.0 cm³/mol. The maximum absolute atomic E-state index is 6.20. The average molecular weight is 225 g/mol. The van der Waals surface area contributed by atoms with Crippen molar-refractivity contribution in [3.05, 3.63) is 24.0 Å². The molecule has 0 saturated carbocycles. The first kappa shape index (κ1) is 10.7. The van der Waals surface area contributed by atoms with Gasteiger partial charge in [0.15, 0.2) is 0 Å². The second-order valence-corrected chi connectivity index (χ2v) is 4.60. The highest BCUT2D eigenvalue weighted by atomic mass is 35.5. The fourth-order valence-corrected chi connectivity index (χ4v) is 2.29. The van der Waals surface area contributed by atoms with Crippen LogP contribution in [0.3, 0.4) is 0 Å². The van der Waals surface area contributed by atoms with Gasteiger partial charge in [-0.2, -0.15) is 5.10 Å². The maximum atomic E-state index is 6.20. The quantitative estimate of drug-likeness (QED) is 0.704. The smallest absolute Gasteiger partial charge is 0.0564 e. The minimum absolute atomic E-state index is 0.201. The van der Waals surface area contributed by atoms with Crippen molar-refractivity contribution in [2.24, 2.45) is 0 Å². The summed E-state index contributed by atoms with van der Waals surface area (Å²) in [7, 11) is 0. The van der Waals surface area contributed by atoms with E-state index in [1.807, 2.05) is 10.9 Å². The molecule has 1 unspecified atom stereocenters. The zero-order valence-electron chi connectivity index (χ0n) is 9.12. The molecule has 0 amide bonds. The maximum Gasteiger partial charge on any atom is 0.0564 e. The minimum Gasteiger partial charge on any atom is -0.272 e. The van der Waals surface area contributed by atoms with Gasteiger partial charge in [-0.25, -0.2) is 0 Å². The van der Waals surface area contributed by atoms with Crippen molar-refractivity contribution in [3.8, 4) is 0 Å². The molecule has 15 heavy (non-hydrogen) atoms. The van der Waals surface area contributed by atoms with E-state index in [4.69, 9.17) is 11.6 Å². The first-order valence-electron chi connectivity index (χ1n) is 5.67. The molecule has 0 N–H and O–H groups in total. The first-order valence-corrected chi connectivity index (χ1v) is 6.11. The van der Waals surface area contributed by atoms with E-state index < -0.39 is 0 Å². The molecule has 0 radical (unpaired) electrons. The van der Waals surface area contributed by atoms with Gasteiger partial charge in [0.2, 0.25) is 0 Å². The lowest BCUT2D eigenvalue weighted by atomic mass is 10.1. The van der Waals surface area contributed by atoms with Crippen LogP contribution in [0.15, 0.2) is 18.5 Å². The van der Waals surface area contributed by atoms with Crippen molar-refractivity contribution in [3.63, 3.8) is 0 Å². The largest absolute Gasteiger partial charge is 0.272 e. The van der Waals surface area contributed by atoms with Crippen LogP contribution in [0, 0.1) is 0 Å². The second-order valence-electron chi connectivity index (χ2n) is 4.04. The van der Waals surface area contributed by atoms with Gasteiger partial charge in [-0.1, -0.05) is 12.5 Å². The summed E-state index contributed by atoms with van der Waals surface area (Å²) < 4.78 is 1.96. The molecule has 0 spiro atoms. The number of hydrogen-bond donors (Lipinski definition) is 0. The minimum atomic E-state index is 0.201. The molecule has 82 valence electrons. The van der Waals surface area contributed by atoms with Crippen LogP contribution in [0.2, 0.25) is 0 Å². The van der Waals surface area contributed by atoms with E-state index in [-0.39, 0.29) is 5.38 Å². The van der Waals surface area contributed by atoms with Crippen LogP contribution in [0.1, 0.15) is 38.2 Å². The lowest BCUT2D eigenvalue weighted by Crippen LogP contribution is -1.93. The monoisotopic (exact) mass is 224 g/mol. The summed E-state index contributed by atoms with van der Waals surface area (Å²) in [6.07, 6.45) is 11.0. The third-order valence-electron chi connectivity index (χ3n) is 2.89. The Kier molecular flexibility index (Phi) is 3.47. The standard InChI is InChI=1S/C12H17ClN2/c1-2-15-9-11(8-14-15)10-5-3-4-6-12(13)7-10/h7-9,12H,2-6H2,1H3. The lowest BCUT2D eigenvalue weighted by Gasteiger charge is -2.02. The van der Waals surface area contributed by atoms with Gasteiger partial charge in [0.25, 0.3) is 0 Å². The third kappa shape index (κ3) is 2.63. The zero-order valence-corrected chi connectivity index (χ0v) is 9.87. The Labute approximate surface area is 95.9 Å². The van der Waals surface area contributed by atoms with E-state index in [0.29, 0.717) is 0 Å². The van der Waals surface area contributed by atoms with Crippen molar-refractivity contribution < 1.29 is 0 Å². The Morgan fingerprint density at radius 3 is 3.13 bits per heavy atom. The molecule has 2 nitrogen and oxygen atoms in total. The molecule has 0 saturated heterocycles. The summed E-state index contributed by atoms with van der Waals surface area (Å²) in [5, 5.41) is 4.50. The third-order valence-corrected chi connectivity index (χ3v) is 3.23. The second kappa shape index (κ2) is 4.84. The van der Waals surface area contributed by atoms with Gasteiger partial charge < -0.3 is 0 Å². The molecule has 3 heteroatoms. The molecule has 2 rings (SSSR count). The van der Waals surface area contributed by atoms with E-state index in [1.54, 1.807) is 0 Å². The van der Waals surface area contributed by atoms with Crippen LogP contribution in [0.5, 0.6) is 0 Å². The summed E-state index contributed by atoms with van der Waals surface area (Å²) in [4.78, 5) is 0. The van der Waals surface area contributed by atoms with Gasteiger partial charge in [-0.15, -0.1) is 11.6 Å². The molecule has 1 aromatic rings.